The molecule has 4 rings (SSSR count). The van der Waals surface area contributed by atoms with Gasteiger partial charge in [-0.3, -0.25) is 10.4 Å². The number of hydrogen-bond acceptors (Lipinski definition) is 4. The zero-order valence-electron chi connectivity index (χ0n) is 15.7. The average Bonchev–Trinajstić information content (AvgIpc) is 3.41. The van der Waals surface area contributed by atoms with Crippen molar-refractivity contribution in [3.63, 3.8) is 0 Å². The highest BCUT2D eigenvalue weighted by molar-refractivity contribution is 7.10. The van der Waals surface area contributed by atoms with Crippen LogP contribution in [0.3, 0.4) is 0 Å². The Morgan fingerprint density at radius 2 is 1.75 bits per heavy atom. The monoisotopic (exact) mass is 386 g/mol. The molecule has 0 saturated heterocycles. The van der Waals surface area contributed by atoms with Crippen molar-refractivity contribution < 1.29 is 4.74 Å². The van der Waals surface area contributed by atoms with Gasteiger partial charge in [0.2, 0.25) is 0 Å². The minimum absolute atomic E-state index is 0.118. The predicted octanol–water partition coefficient (Wildman–Crippen LogP) is 5.76. The number of allylic oxidation sites excluding steroid dienone is 1. The summed E-state index contributed by atoms with van der Waals surface area (Å²) in [5.74, 6) is 0.867. The third-order valence-corrected chi connectivity index (χ3v) is 5.34. The molecule has 0 bridgehead atoms. The van der Waals surface area contributed by atoms with Crippen LogP contribution in [-0.2, 0) is 0 Å². The summed E-state index contributed by atoms with van der Waals surface area (Å²) in [7, 11) is 1.68. The summed E-state index contributed by atoms with van der Waals surface area (Å²) in [5.41, 5.74) is 6.87. The lowest BCUT2D eigenvalue weighted by molar-refractivity contribution is 0.415. The molecule has 2 heterocycles. The maximum atomic E-state index is 5.23. The number of para-hydroxylation sites is 1. The standard InChI is InChI=1S/C24H22N2OS/c1-27-23-14-10-19(11-15-23)9-13-22-18-20(12-16-24-8-5-17-28-24)25-26(22)21-6-3-2-4-7-21/h2-18,22,25H,1H3. The molecule has 4 heteroatoms. The van der Waals surface area contributed by atoms with Gasteiger partial charge < -0.3 is 4.74 Å². The number of benzene rings is 2. The van der Waals surface area contributed by atoms with Gasteiger partial charge in [0, 0.05) is 4.88 Å². The summed E-state index contributed by atoms with van der Waals surface area (Å²) < 4.78 is 5.23. The molecule has 1 atom stereocenters. The maximum Gasteiger partial charge on any atom is 0.118 e. The zero-order valence-corrected chi connectivity index (χ0v) is 16.5. The highest BCUT2D eigenvalue weighted by Crippen LogP contribution is 2.24. The summed E-state index contributed by atoms with van der Waals surface area (Å²) in [6.45, 7) is 0. The Hall–Kier alpha value is -3.24. The third-order valence-electron chi connectivity index (χ3n) is 4.50. The Bertz CT molecular complexity index is 973. The largest absolute Gasteiger partial charge is 0.497 e. The molecule has 0 spiro atoms. The van der Waals surface area contributed by atoms with Crippen molar-refractivity contribution >= 4 is 29.2 Å². The van der Waals surface area contributed by atoms with Gasteiger partial charge in [0.15, 0.2) is 0 Å². The van der Waals surface area contributed by atoms with Crippen LogP contribution >= 0.6 is 11.3 Å². The fourth-order valence-corrected chi connectivity index (χ4v) is 3.67. The normalized spacial score (nSPS) is 16.5. The molecule has 0 saturated carbocycles. The number of anilines is 1. The van der Waals surface area contributed by atoms with Gasteiger partial charge in [-0.05, 0) is 59.5 Å². The number of rotatable bonds is 6. The molecular formula is C24H22N2OS. The molecule has 0 fully saturated rings. The van der Waals surface area contributed by atoms with Gasteiger partial charge in [0.05, 0.1) is 24.5 Å². The minimum Gasteiger partial charge on any atom is -0.497 e. The third kappa shape index (κ3) is 4.35. The van der Waals surface area contributed by atoms with E-state index in [2.05, 4.69) is 94.7 Å². The highest BCUT2D eigenvalue weighted by Gasteiger charge is 2.21. The molecule has 0 amide bonds. The van der Waals surface area contributed by atoms with Gasteiger partial charge in [-0.25, -0.2) is 0 Å². The van der Waals surface area contributed by atoms with Crippen molar-refractivity contribution in [1.82, 2.24) is 5.43 Å². The molecule has 140 valence electrons. The first kappa shape index (κ1) is 18.1. The van der Waals surface area contributed by atoms with Gasteiger partial charge in [0.25, 0.3) is 0 Å². The van der Waals surface area contributed by atoms with Crippen LogP contribution in [0.2, 0.25) is 0 Å². The highest BCUT2D eigenvalue weighted by atomic mass is 32.1. The van der Waals surface area contributed by atoms with Crippen molar-refractivity contribution in [3.05, 3.63) is 106 Å². The van der Waals surface area contributed by atoms with Crippen LogP contribution in [0.15, 0.2) is 96.0 Å². The second kappa shape index (κ2) is 8.63. The number of thiophene rings is 1. The Balaban J connectivity index is 1.56. The lowest BCUT2D eigenvalue weighted by Crippen LogP contribution is -2.37. The van der Waals surface area contributed by atoms with Crippen molar-refractivity contribution in [2.45, 2.75) is 6.04 Å². The van der Waals surface area contributed by atoms with E-state index in [1.165, 1.54) is 4.88 Å². The van der Waals surface area contributed by atoms with Crippen LogP contribution in [0.5, 0.6) is 5.75 Å². The summed E-state index contributed by atoms with van der Waals surface area (Å²) in [5, 5.41) is 4.26. The zero-order chi connectivity index (χ0) is 19.2. The number of nitrogens with one attached hydrogen (secondary N) is 1. The number of nitrogens with zero attached hydrogens (tertiary/aromatic N) is 1. The second-order valence-electron chi connectivity index (χ2n) is 6.41. The first-order valence-electron chi connectivity index (χ1n) is 9.18. The summed E-state index contributed by atoms with van der Waals surface area (Å²) in [4.78, 5) is 1.24. The quantitative estimate of drug-likeness (QED) is 0.583. The first-order valence-corrected chi connectivity index (χ1v) is 10.1. The van der Waals surface area contributed by atoms with Crippen molar-refractivity contribution in [1.29, 1.82) is 0 Å². The van der Waals surface area contributed by atoms with Crippen LogP contribution in [0.4, 0.5) is 5.69 Å². The van der Waals surface area contributed by atoms with Crippen molar-refractivity contribution in [2.75, 3.05) is 12.1 Å². The molecular weight excluding hydrogens is 364 g/mol. The van der Waals surface area contributed by atoms with Crippen LogP contribution < -0.4 is 15.2 Å². The van der Waals surface area contributed by atoms with E-state index in [-0.39, 0.29) is 6.04 Å². The fraction of sp³-hybridized carbons (Fsp3) is 0.0833. The molecule has 1 unspecified atom stereocenters. The topological polar surface area (TPSA) is 24.5 Å². The molecule has 3 nitrogen and oxygen atoms in total. The molecule has 1 aliphatic rings. The molecule has 28 heavy (non-hydrogen) atoms. The van der Waals surface area contributed by atoms with Crippen LogP contribution in [-0.4, -0.2) is 13.2 Å². The molecule has 2 aromatic carbocycles. The number of hydrazine groups is 1. The van der Waals surface area contributed by atoms with E-state index in [1.807, 2.05) is 18.2 Å². The lowest BCUT2D eigenvalue weighted by atomic mass is 10.1. The fourth-order valence-electron chi connectivity index (χ4n) is 3.05. The molecule has 1 aliphatic heterocycles. The van der Waals surface area contributed by atoms with Crippen molar-refractivity contribution in [3.8, 4) is 5.75 Å². The number of methoxy groups -OCH3 is 1. The molecule has 0 aliphatic carbocycles. The smallest absolute Gasteiger partial charge is 0.118 e. The van der Waals surface area contributed by atoms with Crippen LogP contribution in [0.25, 0.3) is 12.2 Å². The van der Waals surface area contributed by atoms with Gasteiger partial charge in [-0.2, -0.15) is 0 Å². The Labute approximate surface area is 169 Å². The van der Waals surface area contributed by atoms with Gasteiger partial charge in [-0.15, -0.1) is 11.3 Å². The molecule has 1 N–H and O–H groups in total. The van der Waals surface area contributed by atoms with E-state index in [0.29, 0.717) is 0 Å². The molecule has 3 aromatic rings. The van der Waals surface area contributed by atoms with Gasteiger partial charge in [-0.1, -0.05) is 48.6 Å². The SMILES string of the molecule is COc1ccc(C=CC2C=C(C=Cc3cccs3)NN2c2ccccc2)cc1. The second-order valence-corrected chi connectivity index (χ2v) is 7.39. The van der Waals surface area contributed by atoms with Gasteiger partial charge >= 0.3 is 0 Å². The molecule has 0 radical (unpaired) electrons. The summed E-state index contributed by atoms with van der Waals surface area (Å²) in [6, 6.07) is 22.8. The summed E-state index contributed by atoms with van der Waals surface area (Å²) in [6.07, 6.45) is 10.8. The Morgan fingerprint density at radius 3 is 2.46 bits per heavy atom. The van der Waals surface area contributed by atoms with E-state index in [4.69, 9.17) is 4.74 Å². The van der Waals surface area contributed by atoms with E-state index >= 15 is 0 Å². The minimum atomic E-state index is 0.118. The Kier molecular flexibility index (Phi) is 5.59. The maximum absolute atomic E-state index is 5.23. The number of hydrogen-bond donors (Lipinski definition) is 1. The van der Waals surface area contributed by atoms with Crippen molar-refractivity contribution in [2.24, 2.45) is 0 Å². The number of ether oxygens (including phenoxy) is 1. The van der Waals surface area contributed by atoms with Gasteiger partial charge in [0.1, 0.15) is 5.75 Å². The van der Waals surface area contributed by atoms with E-state index in [9.17, 15) is 0 Å². The Morgan fingerprint density at radius 1 is 0.929 bits per heavy atom. The van der Waals surface area contributed by atoms with Crippen LogP contribution in [0.1, 0.15) is 10.4 Å². The van der Waals surface area contributed by atoms with E-state index < -0.39 is 0 Å². The van der Waals surface area contributed by atoms with E-state index in [1.54, 1.807) is 18.4 Å². The predicted molar refractivity (Wildman–Crippen MR) is 119 cm³/mol. The average molecular weight is 387 g/mol. The van der Waals surface area contributed by atoms with E-state index in [0.717, 1.165) is 22.7 Å². The van der Waals surface area contributed by atoms with Crippen LogP contribution in [0, 0.1) is 0 Å². The summed E-state index contributed by atoms with van der Waals surface area (Å²) >= 11 is 1.74. The lowest BCUT2D eigenvalue weighted by Gasteiger charge is -2.25. The first-order chi connectivity index (χ1) is 13.8. The molecule has 1 aromatic heterocycles.